The number of aryl methyl sites for hydroxylation is 2. The highest BCUT2D eigenvalue weighted by Crippen LogP contribution is 2.18. The topological polar surface area (TPSA) is 69.6 Å². The smallest absolute Gasteiger partial charge is 0.316 e. The van der Waals surface area contributed by atoms with Crippen molar-refractivity contribution in [3.05, 3.63) is 53.6 Å². The lowest BCUT2D eigenvalue weighted by Crippen LogP contribution is -2.37. The van der Waals surface area contributed by atoms with Crippen molar-refractivity contribution in [3.8, 4) is 5.75 Å². The molecule has 0 fully saturated rings. The van der Waals surface area contributed by atoms with E-state index in [1.807, 2.05) is 19.9 Å². The molecule has 5 nitrogen and oxygen atoms in total. The van der Waals surface area contributed by atoms with Gasteiger partial charge in [0.1, 0.15) is 5.75 Å². The molecule has 0 aliphatic heterocycles. The molecule has 0 spiro atoms. The highest BCUT2D eigenvalue weighted by molar-refractivity contribution is 6.44. The van der Waals surface area contributed by atoms with Crippen LogP contribution in [0.1, 0.15) is 11.1 Å². The van der Waals surface area contributed by atoms with Crippen molar-refractivity contribution in [2.24, 2.45) is 0 Å². The first-order chi connectivity index (χ1) is 10.4. The molecule has 2 aromatic rings. The minimum atomic E-state index is -0.708. The molecule has 0 aliphatic carbocycles. The van der Waals surface area contributed by atoms with E-state index in [0.717, 1.165) is 11.1 Å². The van der Waals surface area contributed by atoms with Gasteiger partial charge in [-0.2, -0.15) is 0 Å². The van der Waals surface area contributed by atoms with Gasteiger partial charge in [0.2, 0.25) is 0 Å². The number of phenols is 1. The molecule has 0 saturated heterocycles. The maximum absolute atomic E-state index is 12.2. The molecule has 5 heteroatoms. The Balaban J connectivity index is 2.11. The number of carbonyl (C=O) groups is 2. The number of hydrogen-bond acceptors (Lipinski definition) is 3. The zero-order valence-electron chi connectivity index (χ0n) is 12.8. The van der Waals surface area contributed by atoms with Crippen molar-refractivity contribution in [2.45, 2.75) is 13.8 Å². The SMILES string of the molecule is Cc1cc(C)cc(NC(=O)C(=O)N(C)c2ccc(O)cc2)c1. The maximum atomic E-state index is 12.2. The number of anilines is 2. The fraction of sp³-hybridized carbons (Fsp3) is 0.176. The van der Waals surface area contributed by atoms with Gasteiger partial charge < -0.3 is 15.3 Å². The van der Waals surface area contributed by atoms with Crippen LogP contribution in [-0.2, 0) is 9.59 Å². The molecule has 0 saturated carbocycles. The molecule has 0 aromatic heterocycles. The predicted molar refractivity (Wildman–Crippen MR) is 86.1 cm³/mol. The van der Waals surface area contributed by atoms with Crippen molar-refractivity contribution in [1.29, 1.82) is 0 Å². The van der Waals surface area contributed by atoms with E-state index in [-0.39, 0.29) is 5.75 Å². The maximum Gasteiger partial charge on any atom is 0.316 e. The fourth-order valence-corrected chi connectivity index (χ4v) is 2.18. The Morgan fingerprint density at radius 1 is 1.00 bits per heavy atom. The number of likely N-dealkylation sites (N-methyl/N-ethyl adjacent to an activating group) is 1. The summed E-state index contributed by atoms with van der Waals surface area (Å²) >= 11 is 0. The van der Waals surface area contributed by atoms with Gasteiger partial charge >= 0.3 is 11.8 Å². The van der Waals surface area contributed by atoms with E-state index in [0.29, 0.717) is 11.4 Å². The van der Waals surface area contributed by atoms with Gasteiger partial charge in [0.15, 0.2) is 0 Å². The Morgan fingerprint density at radius 2 is 1.55 bits per heavy atom. The third-order valence-electron chi connectivity index (χ3n) is 3.22. The lowest BCUT2D eigenvalue weighted by Gasteiger charge is -2.17. The summed E-state index contributed by atoms with van der Waals surface area (Å²) in [7, 11) is 1.51. The van der Waals surface area contributed by atoms with Crippen LogP contribution in [0.25, 0.3) is 0 Å². The summed E-state index contributed by atoms with van der Waals surface area (Å²) in [6.07, 6.45) is 0. The van der Waals surface area contributed by atoms with E-state index in [9.17, 15) is 14.7 Å². The Labute approximate surface area is 129 Å². The van der Waals surface area contributed by atoms with E-state index in [2.05, 4.69) is 5.32 Å². The van der Waals surface area contributed by atoms with Crippen molar-refractivity contribution in [3.63, 3.8) is 0 Å². The van der Waals surface area contributed by atoms with Crippen molar-refractivity contribution in [2.75, 3.05) is 17.3 Å². The Morgan fingerprint density at radius 3 is 2.09 bits per heavy atom. The quantitative estimate of drug-likeness (QED) is 0.837. The molecule has 2 amide bonds. The first-order valence-electron chi connectivity index (χ1n) is 6.83. The van der Waals surface area contributed by atoms with Crippen LogP contribution < -0.4 is 10.2 Å². The fourth-order valence-electron chi connectivity index (χ4n) is 2.18. The second-order valence-electron chi connectivity index (χ2n) is 5.21. The average Bonchev–Trinajstić information content (AvgIpc) is 2.45. The predicted octanol–water partition coefficient (Wildman–Crippen LogP) is 2.61. The van der Waals surface area contributed by atoms with Crippen LogP contribution in [0.4, 0.5) is 11.4 Å². The molecule has 2 aromatic carbocycles. The summed E-state index contributed by atoms with van der Waals surface area (Å²) in [5, 5.41) is 11.9. The van der Waals surface area contributed by atoms with E-state index in [1.54, 1.807) is 24.3 Å². The second kappa shape index (κ2) is 6.30. The number of amides is 2. The van der Waals surface area contributed by atoms with Gasteiger partial charge in [-0.3, -0.25) is 9.59 Å². The standard InChI is InChI=1S/C17H18N2O3/c1-11-8-12(2)10-13(9-11)18-16(21)17(22)19(3)14-4-6-15(20)7-5-14/h4-10,20H,1-3H3,(H,18,21). The molecular formula is C17H18N2O3. The van der Waals surface area contributed by atoms with Gasteiger partial charge in [-0.05, 0) is 61.4 Å². The zero-order chi connectivity index (χ0) is 16.3. The summed E-state index contributed by atoms with van der Waals surface area (Å²) in [6.45, 7) is 3.85. The highest BCUT2D eigenvalue weighted by Gasteiger charge is 2.20. The molecular weight excluding hydrogens is 280 g/mol. The first kappa shape index (κ1) is 15.6. The Hall–Kier alpha value is -2.82. The number of phenolic OH excluding ortho intramolecular Hbond substituents is 1. The number of rotatable bonds is 2. The van der Waals surface area contributed by atoms with Crippen molar-refractivity contribution in [1.82, 2.24) is 0 Å². The van der Waals surface area contributed by atoms with Crippen LogP contribution in [-0.4, -0.2) is 24.0 Å². The van der Waals surface area contributed by atoms with Crippen molar-refractivity contribution >= 4 is 23.2 Å². The molecule has 0 radical (unpaired) electrons. The minimum absolute atomic E-state index is 0.101. The van der Waals surface area contributed by atoms with Gasteiger partial charge in [0.25, 0.3) is 0 Å². The molecule has 0 atom stereocenters. The normalized spacial score (nSPS) is 10.1. The van der Waals surface area contributed by atoms with Crippen LogP contribution in [0.5, 0.6) is 5.75 Å². The third kappa shape index (κ3) is 3.63. The van der Waals surface area contributed by atoms with Crippen LogP contribution >= 0.6 is 0 Å². The first-order valence-corrected chi connectivity index (χ1v) is 6.83. The summed E-state index contributed by atoms with van der Waals surface area (Å²) in [5.41, 5.74) is 3.14. The van der Waals surface area contributed by atoms with Crippen LogP contribution in [0.2, 0.25) is 0 Å². The number of hydrogen-bond donors (Lipinski definition) is 2. The molecule has 22 heavy (non-hydrogen) atoms. The second-order valence-corrected chi connectivity index (χ2v) is 5.21. The van der Waals surface area contributed by atoms with E-state index in [4.69, 9.17) is 0 Å². The summed E-state index contributed by atoms with van der Waals surface area (Å²) in [6, 6.07) is 11.6. The van der Waals surface area contributed by atoms with Gasteiger partial charge in [0.05, 0.1) is 0 Å². The van der Waals surface area contributed by atoms with Crippen LogP contribution in [0, 0.1) is 13.8 Å². The molecule has 2 rings (SSSR count). The number of nitrogens with zero attached hydrogens (tertiary/aromatic N) is 1. The van der Waals surface area contributed by atoms with Gasteiger partial charge in [0, 0.05) is 18.4 Å². The number of carbonyl (C=O) groups excluding carboxylic acids is 2. The molecule has 2 N–H and O–H groups in total. The molecule has 0 unspecified atom stereocenters. The number of nitrogens with one attached hydrogen (secondary N) is 1. The number of benzene rings is 2. The highest BCUT2D eigenvalue weighted by atomic mass is 16.3. The molecule has 0 bridgehead atoms. The zero-order valence-corrected chi connectivity index (χ0v) is 12.8. The Bertz CT molecular complexity index is 688. The molecule has 114 valence electrons. The van der Waals surface area contributed by atoms with E-state index < -0.39 is 11.8 Å². The van der Waals surface area contributed by atoms with Crippen molar-refractivity contribution < 1.29 is 14.7 Å². The van der Waals surface area contributed by atoms with Crippen LogP contribution in [0.15, 0.2) is 42.5 Å². The largest absolute Gasteiger partial charge is 0.508 e. The lowest BCUT2D eigenvalue weighted by atomic mass is 10.1. The van der Waals surface area contributed by atoms with E-state index >= 15 is 0 Å². The van der Waals surface area contributed by atoms with Gasteiger partial charge in [-0.15, -0.1) is 0 Å². The summed E-state index contributed by atoms with van der Waals surface area (Å²) in [5.74, 6) is -1.28. The minimum Gasteiger partial charge on any atom is -0.508 e. The molecule has 0 aliphatic rings. The van der Waals surface area contributed by atoms with E-state index in [1.165, 1.54) is 24.1 Å². The average molecular weight is 298 g/mol. The molecule has 0 heterocycles. The third-order valence-corrected chi connectivity index (χ3v) is 3.22. The lowest BCUT2D eigenvalue weighted by molar-refractivity contribution is -0.134. The number of aromatic hydroxyl groups is 1. The Kier molecular flexibility index (Phi) is 4.46. The summed E-state index contributed by atoms with van der Waals surface area (Å²) in [4.78, 5) is 25.5. The van der Waals surface area contributed by atoms with Crippen LogP contribution in [0.3, 0.4) is 0 Å². The summed E-state index contributed by atoms with van der Waals surface area (Å²) < 4.78 is 0. The van der Waals surface area contributed by atoms with Gasteiger partial charge in [-0.1, -0.05) is 6.07 Å². The monoisotopic (exact) mass is 298 g/mol. The van der Waals surface area contributed by atoms with Gasteiger partial charge in [-0.25, -0.2) is 0 Å².